The van der Waals surface area contributed by atoms with Gasteiger partial charge in [-0.1, -0.05) is 23.5 Å². The van der Waals surface area contributed by atoms with Crippen LogP contribution in [0.3, 0.4) is 0 Å². The van der Waals surface area contributed by atoms with Gasteiger partial charge in [0.15, 0.2) is 0 Å². The van der Waals surface area contributed by atoms with Gasteiger partial charge in [0.1, 0.15) is 6.10 Å². The summed E-state index contributed by atoms with van der Waals surface area (Å²) in [6, 6.07) is 9.98. The van der Waals surface area contributed by atoms with Crippen LogP contribution in [0.2, 0.25) is 0 Å². The van der Waals surface area contributed by atoms with Crippen LogP contribution in [0.15, 0.2) is 36.7 Å². The van der Waals surface area contributed by atoms with Gasteiger partial charge in [0.05, 0.1) is 4.88 Å². The van der Waals surface area contributed by atoms with Crippen LogP contribution >= 0.6 is 11.3 Å². The number of ether oxygens (including phenoxy) is 1. The average Bonchev–Trinajstić information content (AvgIpc) is 3.27. The number of aromatic amines is 1. The van der Waals surface area contributed by atoms with Crippen LogP contribution in [-0.2, 0) is 0 Å². The molecule has 0 amide bonds. The highest BCUT2D eigenvalue weighted by Gasteiger charge is 2.39. The van der Waals surface area contributed by atoms with Crippen molar-refractivity contribution in [2.24, 2.45) is 0 Å². The van der Waals surface area contributed by atoms with Crippen molar-refractivity contribution in [3.63, 3.8) is 0 Å². The number of benzene rings is 1. The molecule has 0 aliphatic carbocycles. The molecule has 2 bridgehead atoms. The minimum atomic E-state index is 0.323. The van der Waals surface area contributed by atoms with Crippen LogP contribution < -0.4 is 4.74 Å². The number of nitrogens with zero attached hydrogens (tertiary/aromatic N) is 2. The van der Waals surface area contributed by atoms with E-state index >= 15 is 0 Å². The summed E-state index contributed by atoms with van der Waals surface area (Å²) >= 11 is 1.65. The number of hydrogen-bond acceptors (Lipinski definition) is 4. The van der Waals surface area contributed by atoms with Gasteiger partial charge >= 0.3 is 0 Å². The Morgan fingerprint density at radius 3 is 2.88 bits per heavy atom. The molecule has 0 saturated carbocycles. The summed E-state index contributed by atoms with van der Waals surface area (Å²) in [5.74, 6) is 0. The maximum Gasteiger partial charge on any atom is 0.273 e. The van der Waals surface area contributed by atoms with E-state index in [-0.39, 0.29) is 0 Å². The van der Waals surface area contributed by atoms with E-state index in [9.17, 15) is 0 Å². The molecular weight excluding hydrogens is 318 g/mol. The third-order valence-electron chi connectivity index (χ3n) is 5.65. The van der Waals surface area contributed by atoms with E-state index in [0.29, 0.717) is 18.2 Å². The zero-order valence-corrected chi connectivity index (χ0v) is 14.6. The van der Waals surface area contributed by atoms with E-state index in [0.717, 1.165) is 28.4 Å². The molecule has 4 heterocycles. The van der Waals surface area contributed by atoms with Crippen LogP contribution in [-0.4, -0.2) is 40.1 Å². The minimum Gasteiger partial charge on any atom is -0.467 e. The second-order valence-electron chi connectivity index (χ2n) is 7.03. The zero-order chi connectivity index (χ0) is 16.1. The van der Waals surface area contributed by atoms with Gasteiger partial charge in [-0.15, -0.1) is 0 Å². The molecule has 3 atom stereocenters. The van der Waals surface area contributed by atoms with Gasteiger partial charge in [0, 0.05) is 30.0 Å². The van der Waals surface area contributed by atoms with Crippen molar-refractivity contribution in [2.75, 3.05) is 7.05 Å². The predicted octanol–water partition coefficient (Wildman–Crippen LogP) is 4.30. The Bertz CT molecular complexity index is 856. The molecule has 2 aliphatic rings. The molecule has 0 radical (unpaired) electrons. The number of fused-ring (bicyclic) bond motifs is 3. The molecule has 2 unspecified atom stereocenters. The third kappa shape index (κ3) is 2.43. The molecule has 1 N–H and O–H groups in total. The smallest absolute Gasteiger partial charge is 0.273 e. The fourth-order valence-corrected chi connectivity index (χ4v) is 5.08. The summed E-state index contributed by atoms with van der Waals surface area (Å²) in [7, 11) is 2.26. The van der Waals surface area contributed by atoms with Gasteiger partial charge < -0.3 is 14.6 Å². The van der Waals surface area contributed by atoms with Gasteiger partial charge in [-0.2, -0.15) is 0 Å². The molecule has 2 saturated heterocycles. The van der Waals surface area contributed by atoms with Crippen molar-refractivity contribution < 1.29 is 4.74 Å². The first-order valence-corrected chi connectivity index (χ1v) is 9.50. The Balaban J connectivity index is 1.34. The number of H-pyrrole nitrogens is 1. The predicted molar refractivity (Wildman–Crippen MR) is 97.6 cm³/mol. The first kappa shape index (κ1) is 14.5. The summed E-state index contributed by atoms with van der Waals surface area (Å²) in [6.07, 6.45) is 9.15. The highest BCUT2D eigenvalue weighted by Crippen LogP contribution is 2.38. The maximum atomic E-state index is 6.23. The number of nitrogens with one attached hydrogen (secondary N) is 1. The molecule has 1 aromatic carbocycles. The largest absolute Gasteiger partial charge is 0.467 e. The Hall–Kier alpha value is -1.85. The van der Waals surface area contributed by atoms with E-state index in [1.807, 2.05) is 12.4 Å². The van der Waals surface area contributed by atoms with Gasteiger partial charge in [0.25, 0.3) is 5.19 Å². The Morgan fingerprint density at radius 2 is 2.04 bits per heavy atom. The molecule has 2 aliphatic heterocycles. The molecule has 24 heavy (non-hydrogen) atoms. The van der Waals surface area contributed by atoms with Crippen LogP contribution in [0.1, 0.15) is 25.7 Å². The van der Waals surface area contributed by atoms with E-state index in [2.05, 4.69) is 46.2 Å². The lowest BCUT2D eigenvalue weighted by Crippen LogP contribution is -2.43. The summed E-state index contributed by atoms with van der Waals surface area (Å²) in [4.78, 5) is 11.5. The van der Waals surface area contributed by atoms with Crippen molar-refractivity contribution >= 4 is 22.2 Å². The van der Waals surface area contributed by atoms with E-state index < -0.39 is 0 Å². The number of piperidine rings is 1. The number of rotatable bonds is 3. The molecule has 5 rings (SSSR count). The van der Waals surface area contributed by atoms with Crippen molar-refractivity contribution in [3.8, 4) is 15.6 Å². The monoisotopic (exact) mass is 339 g/mol. The molecule has 3 aromatic rings. The van der Waals surface area contributed by atoms with Gasteiger partial charge in [0.2, 0.25) is 0 Å². The van der Waals surface area contributed by atoms with Crippen molar-refractivity contribution in [1.82, 2.24) is 14.9 Å². The zero-order valence-electron chi connectivity index (χ0n) is 13.7. The second-order valence-corrected chi connectivity index (χ2v) is 8.03. The molecule has 2 aromatic heterocycles. The molecule has 5 heteroatoms. The van der Waals surface area contributed by atoms with Crippen molar-refractivity contribution in [1.29, 1.82) is 0 Å². The van der Waals surface area contributed by atoms with Crippen LogP contribution in [0.5, 0.6) is 5.19 Å². The van der Waals surface area contributed by atoms with Crippen molar-refractivity contribution in [3.05, 3.63) is 36.7 Å². The lowest BCUT2D eigenvalue weighted by molar-refractivity contribution is 0.0660. The molecular formula is C19H21N3OS. The lowest BCUT2D eigenvalue weighted by atomic mass is 10.0. The standard InChI is InChI=1S/C19H21N3OS/c1-22-14-4-5-15(22)10-16(9-14)23-19-21-11-18(24-19)13-3-2-12-6-7-20-17(12)8-13/h2-3,6-8,11,14-16,20H,4-5,9-10H2,1H3/t14-,15?,16?/m1/s1. The van der Waals surface area contributed by atoms with Crippen LogP contribution in [0, 0.1) is 0 Å². The normalized spacial score (nSPS) is 27.0. The molecule has 124 valence electrons. The molecule has 2 fully saturated rings. The number of thiazole rings is 1. The van der Waals surface area contributed by atoms with Crippen LogP contribution in [0.4, 0.5) is 0 Å². The summed E-state index contributed by atoms with van der Waals surface area (Å²) in [6.45, 7) is 0. The fraction of sp³-hybridized carbons (Fsp3) is 0.421. The Kier molecular flexibility index (Phi) is 3.38. The quantitative estimate of drug-likeness (QED) is 0.774. The average molecular weight is 339 g/mol. The number of aromatic nitrogens is 2. The van der Waals surface area contributed by atoms with Gasteiger partial charge in [-0.05, 0) is 55.8 Å². The van der Waals surface area contributed by atoms with Crippen molar-refractivity contribution in [2.45, 2.75) is 43.9 Å². The van der Waals surface area contributed by atoms with E-state index in [1.54, 1.807) is 11.3 Å². The van der Waals surface area contributed by atoms with Crippen LogP contribution in [0.25, 0.3) is 21.3 Å². The SMILES string of the molecule is CN1C2CC[C@@H]1CC(Oc1ncc(-c3ccc4cc[nH]c4c3)s1)C2. The highest BCUT2D eigenvalue weighted by molar-refractivity contribution is 7.16. The lowest BCUT2D eigenvalue weighted by Gasteiger charge is -2.35. The topological polar surface area (TPSA) is 41.1 Å². The van der Waals surface area contributed by atoms with Gasteiger partial charge in [-0.3, -0.25) is 0 Å². The molecule has 4 nitrogen and oxygen atoms in total. The maximum absolute atomic E-state index is 6.23. The third-order valence-corrected chi connectivity index (χ3v) is 6.58. The number of hydrogen-bond donors (Lipinski definition) is 1. The summed E-state index contributed by atoms with van der Waals surface area (Å²) < 4.78 is 6.23. The van der Waals surface area contributed by atoms with E-state index in [1.165, 1.54) is 23.8 Å². The van der Waals surface area contributed by atoms with Gasteiger partial charge in [-0.25, -0.2) is 4.98 Å². The second kappa shape index (κ2) is 5.60. The minimum absolute atomic E-state index is 0.323. The molecule has 0 spiro atoms. The fourth-order valence-electron chi connectivity index (χ4n) is 4.25. The first-order chi connectivity index (χ1) is 11.8. The first-order valence-electron chi connectivity index (χ1n) is 8.68. The summed E-state index contributed by atoms with van der Waals surface area (Å²) in [5.41, 5.74) is 2.36. The highest BCUT2D eigenvalue weighted by atomic mass is 32.1. The Labute approximate surface area is 145 Å². The van der Waals surface area contributed by atoms with E-state index in [4.69, 9.17) is 4.74 Å². The Morgan fingerprint density at radius 1 is 1.21 bits per heavy atom. The summed E-state index contributed by atoms with van der Waals surface area (Å²) in [5, 5.41) is 2.05.